The van der Waals surface area contributed by atoms with Gasteiger partial charge in [-0.25, -0.2) is 4.68 Å². The maximum absolute atomic E-state index is 12.5. The van der Waals surface area contributed by atoms with Crippen molar-refractivity contribution in [2.45, 2.75) is 20.0 Å². The summed E-state index contributed by atoms with van der Waals surface area (Å²) in [6.45, 7) is 3.14. The molecule has 28 heavy (non-hydrogen) atoms. The van der Waals surface area contributed by atoms with Crippen molar-refractivity contribution >= 4 is 28.5 Å². The zero-order chi connectivity index (χ0) is 19.5. The molecule has 0 saturated heterocycles. The van der Waals surface area contributed by atoms with Gasteiger partial charge in [0.1, 0.15) is 5.52 Å². The van der Waals surface area contributed by atoms with Gasteiger partial charge < -0.3 is 5.32 Å². The van der Waals surface area contributed by atoms with Crippen LogP contribution in [0, 0.1) is 6.92 Å². The fourth-order valence-electron chi connectivity index (χ4n) is 3.11. The Labute approximate surface area is 167 Å². The molecule has 1 amide bonds. The first-order chi connectivity index (χ1) is 13.6. The molecule has 1 heterocycles. The van der Waals surface area contributed by atoms with E-state index in [1.165, 1.54) is 11.1 Å². The summed E-state index contributed by atoms with van der Waals surface area (Å²) in [4.78, 5) is 12.5. The van der Waals surface area contributed by atoms with Gasteiger partial charge in [0.25, 0.3) is 5.91 Å². The van der Waals surface area contributed by atoms with E-state index < -0.39 is 0 Å². The van der Waals surface area contributed by atoms with Crippen molar-refractivity contribution in [3.05, 3.63) is 94.0 Å². The van der Waals surface area contributed by atoms with Gasteiger partial charge in [0, 0.05) is 17.1 Å². The summed E-state index contributed by atoms with van der Waals surface area (Å²) in [6.07, 6.45) is 0. The SMILES string of the molecule is Cc1ccccc1Cn1nnc2cc(C(=O)NCc3cccc(Cl)c3)ccc21. The third-order valence-electron chi connectivity index (χ3n) is 4.70. The predicted molar refractivity (Wildman–Crippen MR) is 110 cm³/mol. The molecule has 0 fully saturated rings. The molecule has 140 valence electrons. The van der Waals surface area contributed by atoms with Gasteiger partial charge in [0.05, 0.1) is 12.1 Å². The number of nitrogens with one attached hydrogen (secondary N) is 1. The van der Waals surface area contributed by atoms with E-state index in [1.807, 2.05) is 41.1 Å². The number of hydrogen-bond donors (Lipinski definition) is 1. The molecule has 0 aliphatic carbocycles. The smallest absolute Gasteiger partial charge is 0.251 e. The van der Waals surface area contributed by atoms with Gasteiger partial charge in [-0.15, -0.1) is 5.10 Å². The summed E-state index contributed by atoms with van der Waals surface area (Å²) < 4.78 is 1.85. The van der Waals surface area contributed by atoms with E-state index in [-0.39, 0.29) is 5.91 Å². The first-order valence-corrected chi connectivity index (χ1v) is 9.38. The van der Waals surface area contributed by atoms with Crippen molar-refractivity contribution in [1.82, 2.24) is 20.3 Å². The molecule has 0 aliphatic heterocycles. The summed E-state index contributed by atoms with van der Waals surface area (Å²) in [5, 5.41) is 12.0. The lowest BCUT2D eigenvalue weighted by Gasteiger charge is -2.07. The molecule has 4 rings (SSSR count). The number of carbonyl (C=O) groups is 1. The lowest BCUT2D eigenvalue weighted by molar-refractivity contribution is 0.0951. The number of hydrogen-bond acceptors (Lipinski definition) is 3. The predicted octanol–water partition coefficient (Wildman–Crippen LogP) is 4.37. The Hall–Kier alpha value is -3.18. The molecule has 4 aromatic rings. The van der Waals surface area contributed by atoms with E-state index in [0.29, 0.717) is 29.2 Å². The van der Waals surface area contributed by atoms with E-state index in [1.54, 1.807) is 18.2 Å². The van der Waals surface area contributed by atoms with Crippen molar-refractivity contribution in [2.75, 3.05) is 0 Å². The number of fused-ring (bicyclic) bond motifs is 1. The second-order valence-electron chi connectivity index (χ2n) is 6.69. The van der Waals surface area contributed by atoms with Crippen LogP contribution in [0.15, 0.2) is 66.7 Å². The number of nitrogens with zero attached hydrogens (tertiary/aromatic N) is 3. The quantitative estimate of drug-likeness (QED) is 0.550. The second-order valence-corrected chi connectivity index (χ2v) is 7.13. The molecule has 0 saturated carbocycles. The van der Waals surface area contributed by atoms with Crippen molar-refractivity contribution in [2.24, 2.45) is 0 Å². The average molecular weight is 391 g/mol. The van der Waals surface area contributed by atoms with Crippen LogP contribution in [0.2, 0.25) is 5.02 Å². The Morgan fingerprint density at radius 1 is 1.07 bits per heavy atom. The summed E-state index contributed by atoms with van der Waals surface area (Å²) in [5.74, 6) is -0.157. The maximum Gasteiger partial charge on any atom is 0.251 e. The zero-order valence-electron chi connectivity index (χ0n) is 15.4. The number of amides is 1. The maximum atomic E-state index is 12.5. The molecular weight excluding hydrogens is 372 g/mol. The van der Waals surface area contributed by atoms with Gasteiger partial charge in [-0.2, -0.15) is 0 Å². The lowest BCUT2D eigenvalue weighted by Crippen LogP contribution is -2.22. The normalized spacial score (nSPS) is 10.9. The summed E-state index contributed by atoms with van der Waals surface area (Å²) >= 11 is 5.98. The molecular formula is C22H19ClN4O. The Bertz CT molecular complexity index is 1150. The number of rotatable bonds is 5. The fraction of sp³-hybridized carbons (Fsp3) is 0.136. The summed E-state index contributed by atoms with van der Waals surface area (Å²) in [7, 11) is 0. The molecule has 3 aromatic carbocycles. The minimum Gasteiger partial charge on any atom is -0.348 e. The van der Waals surface area contributed by atoms with Crippen LogP contribution in [0.3, 0.4) is 0 Å². The Morgan fingerprint density at radius 3 is 2.75 bits per heavy atom. The first-order valence-electron chi connectivity index (χ1n) is 9.00. The molecule has 6 heteroatoms. The van der Waals surface area contributed by atoms with Crippen molar-refractivity contribution < 1.29 is 4.79 Å². The van der Waals surface area contributed by atoms with Gasteiger partial charge in [-0.1, -0.05) is 53.2 Å². The third kappa shape index (κ3) is 3.89. The molecule has 0 spiro atoms. The van der Waals surface area contributed by atoms with Gasteiger partial charge in [0.15, 0.2) is 0 Å². The molecule has 1 N–H and O–H groups in total. The number of carbonyl (C=O) groups excluding carboxylic acids is 1. The second kappa shape index (κ2) is 7.82. The highest BCUT2D eigenvalue weighted by Gasteiger charge is 2.11. The van der Waals surface area contributed by atoms with E-state index in [2.05, 4.69) is 34.7 Å². The van der Waals surface area contributed by atoms with Crippen LogP contribution in [0.5, 0.6) is 0 Å². The zero-order valence-corrected chi connectivity index (χ0v) is 16.1. The largest absolute Gasteiger partial charge is 0.348 e. The number of halogens is 1. The van der Waals surface area contributed by atoms with Crippen molar-refractivity contribution in [1.29, 1.82) is 0 Å². The van der Waals surface area contributed by atoms with Gasteiger partial charge >= 0.3 is 0 Å². The minimum atomic E-state index is -0.157. The standard InChI is InChI=1S/C22H19ClN4O/c1-15-5-2-3-7-18(15)14-27-21-10-9-17(12-20(21)25-26-27)22(28)24-13-16-6-4-8-19(23)11-16/h2-12H,13-14H2,1H3,(H,24,28). The van der Waals surface area contributed by atoms with Gasteiger partial charge in [-0.05, 0) is 53.9 Å². The monoisotopic (exact) mass is 390 g/mol. The Balaban J connectivity index is 1.50. The Kier molecular flexibility index (Phi) is 5.08. The van der Waals surface area contributed by atoms with E-state index in [4.69, 9.17) is 11.6 Å². The molecule has 0 radical (unpaired) electrons. The summed E-state index contributed by atoms with van der Waals surface area (Å²) in [6, 6.07) is 21.1. The van der Waals surface area contributed by atoms with Crippen molar-refractivity contribution in [3.63, 3.8) is 0 Å². The highest BCUT2D eigenvalue weighted by Crippen LogP contribution is 2.17. The van der Waals surface area contributed by atoms with Gasteiger partial charge in [-0.3, -0.25) is 4.79 Å². The van der Waals surface area contributed by atoms with E-state index >= 15 is 0 Å². The fourth-order valence-corrected chi connectivity index (χ4v) is 3.32. The average Bonchev–Trinajstić information content (AvgIpc) is 3.10. The van der Waals surface area contributed by atoms with Crippen LogP contribution < -0.4 is 5.32 Å². The topological polar surface area (TPSA) is 59.8 Å². The van der Waals surface area contributed by atoms with Crippen LogP contribution in [0.25, 0.3) is 11.0 Å². The molecule has 0 bridgehead atoms. The molecule has 1 aromatic heterocycles. The molecule has 0 unspecified atom stereocenters. The van der Waals surface area contributed by atoms with Crippen molar-refractivity contribution in [3.8, 4) is 0 Å². The number of aryl methyl sites for hydroxylation is 1. The third-order valence-corrected chi connectivity index (χ3v) is 4.93. The summed E-state index contributed by atoms with van der Waals surface area (Å²) in [5.41, 5.74) is 5.50. The number of aromatic nitrogens is 3. The van der Waals surface area contributed by atoms with Crippen LogP contribution in [-0.4, -0.2) is 20.9 Å². The highest BCUT2D eigenvalue weighted by atomic mass is 35.5. The molecule has 5 nitrogen and oxygen atoms in total. The van der Waals surface area contributed by atoms with Crippen LogP contribution in [0.4, 0.5) is 0 Å². The molecule has 0 atom stereocenters. The molecule has 0 aliphatic rings. The van der Waals surface area contributed by atoms with Crippen LogP contribution >= 0.6 is 11.6 Å². The number of benzene rings is 3. The van der Waals surface area contributed by atoms with E-state index in [0.717, 1.165) is 11.1 Å². The highest BCUT2D eigenvalue weighted by molar-refractivity contribution is 6.30. The minimum absolute atomic E-state index is 0.157. The van der Waals surface area contributed by atoms with E-state index in [9.17, 15) is 4.79 Å². The Morgan fingerprint density at radius 2 is 1.93 bits per heavy atom. The van der Waals surface area contributed by atoms with Crippen LogP contribution in [-0.2, 0) is 13.1 Å². The first kappa shape index (κ1) is 18.2. The van der Waals surface area contributed by atoms with Crippen LogP contribution in [0.1, 0.15) is 27.0 Å². The van der Waals surface area contributed by atoms with Gasteiger partial charge in [0.2, 0.25) is 0 Å². The lowest BCUT2D eigenvalue weighted by atomic mass is 10.1.